The summed E-state index contributed by atoms with van der Waals surface area (Å²) >= 11 is 2.10. The van der Waals surface area contributed by atoms with Crippen molar-refractivity contribution in [3.63, 3.8) is 0 Å². The Kier molecular flexibility index (Phi) is 3.25. The minimum Gasteiger partial charge on any atom is -0.328 e. The molecule has 0 radical (unpaired) electrons. The number of aromatic amines is 1. The highest BCUT2D eigenvalue weighted by Crippen LogP contribution is 2.27. The van der Waals surface area contributed by atoms with Gasteiger partial charge < -0.3 is 8.51 Å². The summed E-state index contributed by atoms with van der Waals surface area (Å²) in [6, 6.07) is 15.8. The number of H-pyrrole nitrogens is 1. The lowest BCUT2D eigenvalue weighted by Crippen LogP contribution is -2.05. The zero-order valence-electron chi connectivity index (χ0n) is 9.98. The van der Waals surface area contributed by atoms with Gasteiger partial charge in [0.2, 0.25) is 0 Å². The summed E-state index contributed by atoms with van der Waals surface area (Å²) in [5.74, 6) is 0. The molecule has 0 aliphatic carbocycles. The topological polar surface area (TPSA) is 44.9 Å². The molecule has 4 heteroatoms. The fraction of sp³-hybridized carbons (Fsp3) is 0. The first kappa shape index (κ1) is 12.2. The number of hydrogen-bond donors (Lipinski definition) is 2. The van der Waals surface area contributed by atoms with Crippen LogP contribution in [-0.2, 0) is 0 Å². The second kappa shape index (κ2) is 5.05. The van der Waals surface area contributed by atoms with Crippen molar-refractivity contribution in [1.29, 1.82) is 0 Å². The van der Waals surface area contributed by atoms with Gasteiger partial charge in [0.1, 0.15) is 0 Å². The number of rotatable bonds is 2. The fourth-order valence-electron chi connectivity index (χ4n) is 2.16. The van der Waals surface area contributed by atoms with E-state index in [2.05, 4.69) is 31.4 Å². The van der Waals surface area contributed by atoms with Gasteiger partial charge in [0.25, 0.3) is 5.56 Å². The van der Waals surface area contributed by atoms with Crippen molar-refractivity contribution >= 4 is 39.3 Å². The van der Waals surface area contributed by atoms with Gasteiger partial charge in [0.05, 0.1) is 22.9 Å². The predicted octanol–water partition coefficient (Wildman–Crippen LogP) is 3.96. The van der Waals surface area contributed by atoms with Crippen molar-refractivity contribution in [3.05, 3.63) is 65.1 Å². The van der Waals surface area contributed by atoms with Crippen LogP contribution in [-0.4, -0.2) is 4.98 Å². The van der Waals surface area contributed by atoms with E-state index in [4.69, 9.17) is 0 Å². The van der Waals surface area contributed by atoms with Crippen molar-refractivity contribution in [2.75, 3.05) is 3.53 Å². The quantitative estimate of drug-likeness (QED) is 0.536. The smallest absolute Gasteiger partial charge is 0.255 e. The molecule has 0 amide bonds. The predicted molar refractivity (Wildman–Crippen MR) is 87.6 cm³/mol. The average Bonchev–Trinajstić information content (AvgIpc) is 2.48. The molecule has 0 saturated carbocycles. The van der Waals surface area contributed by atoms with Gasteiger partial charge >= 0.3 is 0 Å². The number of benzene rings is 2. The number of anilines is 1. The molecule has 0 aliphatic heterocycles. The first-order valence-corrected chi connectivity index (χ1v) is 6.95. The zero-order chi connectivity index (χ0) is 13.2. The first-order chi connectivity index (χ1) is 9.29. The second-order valence-electron chi connectivity index (χ2n) is 4.25. The molecule has 94 valence electrons. The third-order valence-corrected chi connectivity index (χ3v) is 3.74. The van der Waals surface area contributed by atoms with E-state index in [1.54, 1.807) is 6.20 Å². The lowest BCUT2D eigenvalue weighted by Gasteiger charge is -2.07. The molecule has 19 heavy (non-hydrogen) atoms. The Labute approximate surface area is 124 Å². The van der Waals surface area contributed by atoms with Crippen LogP contribution in [0.2, 0.25) is 0 Å². The van der Waals surface area contributed by atoms with Crippen LogP contribution < -0.4 is 9.09 Å². The Morgan fingerprint density at radius 2 is 1.63 bits per heavy atom. The number of fused-ring (bicyclic) bond motifs is 1. The molecule has 3 nitrogen and oxygen atoms in total. The Balaban J connectivity index is 2.24. The maximum Gasteiger partial charge on any atom is 0.255 e. The highest BCUT2D eigenvalue weighted by atomic mass is 127. The summed E-state index contributed by atoms with van der Waals surface area (Å²) < 4.78 is 3.06. The summed E-state index contributed by atoms with van der Waals surface area (Å²) in [4.78, 5) is 14.6. The summed E-state index contributed by atoms with van der Waals surface area (Å²) in [5.41, 5.74) is 3.13. The third kappa shape index (κ3) is 2.23. The first-order valence-electron chi connectivity index (χ1n) is 5.87. The number of hydrogen-bond acceptors (Lipinski definition) is 2. The molecule has 0 atom stereocenters. The summed E-state index contributed by atoms with van der Waals surface area (Å²) in [6.07, 6.45) is 1.77. The minimum absolute atomic E-state index is 0.0510. The van der Waals surface area contributed by atoms with Crippen molar-refractivity contribution < 1.29 is 0 Å². The lowest BCUT2D eigenvalue weighted by molar-refractivity contribution is 1.28. The van der Waals surface area contributed by atoms with E-state index in [1.165, 1.54) is 0 Å². The average molecular weight is 362 g/mol. The molecule has 1 aromatic heterocycles. The molecule has 2 aromatic carbocycles. The van der Waals surface area contributed by atoms with E-state index >= 15 is 0 Å². The highest BCUT2D eigenvalue weighted by Gasteiger charge is 2.06. The van der Waals surface area contributed by atoms with Crippen molar-refractivity contribution in [3.8, 4) is 11.1 Å². The Bertz CT molecular complexity index is 778. The van der Waals surface area contributed by atoms with E-state index in [1.807, 2.05) is 48.5 Å². The fourth-order valence-corrected chi connectivity index (χ4v) is 2.52. The standard InChI is InChI=1S/C15H11IN2O/c16-18-11-7-5-10(6-8-11)14-9-17-15(19)13-4-2-1-3-12(13)14/h1-9,18H,(H,17,19). The molecule has 0 bridgehead atoms. The van der Waals surface area contributed by atoms with E-state index in [0.29, 0.717) is 0 Å². The SMILES string of the molecule is O=c1[nH]cc(-c2ccc(NI)cc2)c2ccccc12. The molecule has 3 rings (SSSR count). The maximum atomic E-state index is 11.8. The minimum atomic E-state index is -0.0510. The molecule has 0 unspecified atom stereocenters. The number of aromatic nitrogens is 1. The summed E-state index contributed by atoms with van der Waals surface area (Å²) in [6.45, 7) is 0. The van der Waals surface area contributed by atoms with Gasteiger partial charge in [-0.2, -0.15) is 0 Å². The van der Waals surface area contributed by atoms with E-state index < -0.39 is 0 Å². The van der Waals surface area contributed by atoms with Crippen LogP contribution in [0.4, 0.5) is 5.69 Å². The normalized spacial score (nSPS) is 10.6. The zero-order valence-corrected chi connectivity index (χ0v) is 12.1. The highest BCUT2D eigenvalue weighted by molar-refractivity contribution is 14.1. The van der Waals surface area contributed by atoms with Crippen LogP contribution in [0.25, 0.3) is 21.9 Å². The monoisotopic (exact) mass is 362 g/mol. The molecular formula is C15H11IN2O. The molecule has 1 heterocycles. The van der Waals surface area contributed by atoms with Crippen molar-refractivity contribution in [1.82, 2.24) is 4.98 Å². The molecule has 3 aromatic rings. The van der Waals surface area contributed by atoms with Crippen LogP contribution in [0, 0.1) is 0 Å². The van der Waals surface area contributed by atoms with E-state index in [-0.39, 0.29) is 5.56 Å². The molecular weight excluding hydrogens is 351 g/mol. The molecule has 0 fully saturated rings. The number of pyridine rings is 1. The van der Waals surface area contributed by atoms with Crippen LogP contribution in [0.1, 0.15) is 0 Å². The van der Waals surface area contributed by atoms with Gasteiger partial charge in [-0.1, -0.05) is 30.3 Å². The molecule has 0 spiro atoms. The van der Waals surface area contributed by atoms with Gasteiger partial charge in [-0.25, -0.2) is 0 Å². The van der Waals surface area contributed by atoms with Crippen molar-refractivity contribution in [2.45, 2.75) is 0 Å². The second-order valence-corrected chi connectivity index (χ2v) is 4.79. The molecule has 0 aliphatic rings. The third-order valence-electron chi connectivity index (χ3n) is 3.11. The summed E-state index contributed by atoms with van der Waals surface area (Å²) in [5, 5.41) is 1.69. The molecule has 2 N–H and O–H groups in total. The Morgan fingerprint density at radius 3 is 2.32 bits per heavy atom. The van der Waals surface area contributed by atoms with Crippen LogP contribution in [0.3, 0.4) is 0 Å². The Hall–Kier alpha value is -1.82. The molecule has 0 saturated heterocycles. The van der Waals surface area contributed by atoms with Gasteiger partial charge in [0, 0.05) is 22.8 Å². The van der Waals surface area contributed by atoms with Gasteiger partial charge in [-0.05, 0) is 29.1 Å². The number of halogens is 1. The van der Waals surface area contributed by atoms with Gasteiger partial charge in [0.15, 0.2) is 0 Å². The van der Waals surface area contributed by atoms with Crippen LogP contribution in [0.15, 0.2) is 59.5 Å². The van der Waals surface area contributed by atoms with Crippen molar-refractivity contribution in [2.24, 2.45) is 0 Å². The van der Waals surface area contributed by atoms with Gasteiger partial charge in [-0.15, -0.1) is 0 Å². The lowest BCUT2D eigenvalue weighted by atomic mass is 10.0. The largest absolute Gasteiger partial charge is 0.328 e. The van der Waals surface area contributed by atoms with E-state index in [0.717, 1.165) is 27.6 Å². The van der Waals surface area contributed by atoms with E-state index in [9.17, 15) is 4.79 Å². The summed E-state index contributed by atoms with van der Waals surface area (Å²) in [7, 11) is 0. The van der Waals surface area contributed by atoms with Crippen LogP contribution >= 0.6 is 22.9 Å². The van der Waals surface area contributed by atoms with Crippen LogP contribution in [0.5, 0.6) is 0 Å². The van der Waals surface area contributed by atoms with Gasteiger partial charge in [-0.3, -0.25) is 4.79 Å². The Morgan fingerprint density at radius 1 is 0.947 bits per heavy atom. The maximum absolute atomic E-state index is 11.8. The number of nitrogens with one attached hydrogen (secondary N) is 2.